The Morgan fingerprint density at radius 1 is 1.46 bits per heavy atom. The molecule has 0 saturated heterocycles. The summed E-state index contributed by atoms with van der Waals surface area (Å²) >= 11 is 0. The fraction of sp³-hybridized carbons (Fsp3) is 0.368. The van der Waals surface area contributed by atoms with Crippen LogP contribution in [0.2, 0.25) is 0 Å². The number of aryl methyl sites for hydroxylation is 1. The molecule has 1 aliphatic rings. The lowest BCUT2D eigenvalue weighted by molar-refractivity contribution is -0.117. The van der Waals surface area contributed by atoms with E-state index < -0.39 is 0 Å². The first-order valence-electron chi connectivity index (χ1n) is 8.40. The van der Waals surface area contributed by atoms with Crippen molar-refractivity contribution in [2.45, 2.75) is 32.4 Å². The fourth-order valence-corrected chi connectivity index (χ4v) is 3.13. The molecule has 0 spiro atoms. The molecule has 0 aliphatic carbocycles. The molecular formula is C19H24N4O. The standard InChI is InChI=1S/C19H24N4O/c1-15(13-23-11-9-20-14-23)21-19(24)8-6-16-5-7-18-17(12-16)4-3-10-22(18)2/h5-9,11-12,14-15H,3-4,10,13H2,1-2H3,(H,21,24). The minimum atomic E-state index is -0.0718. The van der Waals surface area contributed by atoms with Crippen molar-refractivity contribution in [2.24, 2.45) is 0 Å². The third-order valence-electron chi connectivity index (χ3n) is 4.31. The van der Waals surface area contributed by atoms with Crippen molar-refractivity contribution in [1.82, 2.24) is 14.9 Å². The maximum atomic E-state index is 12.1. The van der Waals surface area contributed by atoms with Crippen LogP contribution in [0.4, 0.5) is 5.69 Å². The van der Waals surface area contributed by atoms with Crippen molar-refractivity contribution in [2.75, 3.05) is 18.5 Å². The Morgan fingerprint density at radius 2 is 2.33 bits per heavy atom. The fourth-order valence-electron chi connectivity index (χ4n) is 3.13. The van der Waals surface area contributed by atoms with E-state index in [1.807, 2.05) is 23.8 Å². The first-order valence-corrected chi connectivity index (χ1v) is 8.40. The minimum absolute atomic E-state index is 0.0496. The van der Waals surface area contributed by atoms with E-state index in [4.69, 9.17) is 0 Å². The molecule has 3 rings (SSSR count). The van der Waals surface area contributed by atoms with Gasteiger partial charge in [-0.25, -0.2) is 4.98 Å². The largest absolute Gasteiger partial charge is 0.374 e. The van der Waals surface area contributed by atoms with Crippen molar-refractivity contribution in [3.63, 3.8) is 0 Å². The Labute approximate surface area is 143 Å². The van der Waals surface area contributed by atoms with E-state index in [1.54, 1.807) is 18.6 Å². The molecule has 126 valence electrons. The van der Waals surface area contributed by atoms with Crippen LogP contribution in [-0.4, -0.2) is 35.1 Å². The summed E-state index contributed by atoms with van der Waals surface area (Å²) in [5, 5.41) is 2.98. The predicted molar refractivity (Wildman–Crippen MR) is 96.9 cm³/mol. The van der Waals surface area contributed by atoms with Crippen LogP contribution in [0.3, 0.4) is 0 Å². The van der Waals surface area contributed by atoms with Gasteiger partial charge in [0.15, 0.2) is 0 Å². The molecule has 0 radical (unpaired) electrons. The SMILES string of the molecule is CC(Cn1ccnc1)NC(=O)C=Cc1ccc2c(c1)CCCN2C. The number of hydrogen-bond acceptors (Lipinski definition) is 3. The Bertz CT molecular complexity index is 721. The number of aromatic nitrogens is 2. The van der Waals surface area contributed by atoms with Gasteiger partial charge in [0.1, 0.15) is 0 Å². The molecule has 0 bridgehead atoms. The molecule has 0 saturated carbocycles. The molecule has 24 heavy (non-hydrogen) atoms. The minimum Gasteiger partial charge on any atom is -0.374 e. The summed E-state index contributed by atoms with van der Waals surface area (Å²) < 4.78 is 1.95. The molecular weight excluding hydrogens is 300 g/mol. The van der Waals surface area contributed by atoms with Crippen LogP contribution in [-0.2, 0) is 17.8 Å². The van der Waals surface area contributed by atoms with E-state index >= 15 is 0 Å². The first kappa shape index (κ1) is 16.3. The van der Waals surface area contributed by atoms with Crippen LogP contribution in [0.15, 0.2) is 43.0 Å². The first-order chi connectivity index (χ1) is 11.6. The second-order valence-corrected chi connectivity index (χ2v) is 6.42. The normalized spacial score (nSPS) is 15.3. The quantitative estimate of drug-likeness (QED) is 0.860. The van der Waals surface area contributed by atoms with Crippen molar-refractivity contribution >= 4 is 17.7 Å². The van der Waals surface area contributed by atoms with Gasteiger partial charge in [0.05, 0.1) is 6.33 Å². The molecule has 1 unspecified atom stereocenters. The van der Waals surface area contributed by atoms with Gasteiger partial charge in [0, 0.05) is 50.3 Å². The van der Waals surface area contributed by atoms with Gasteiger partial charge >= 0.3 is 0 Å². The van der Waals surface area contributed by atoms with Gasteiger partial charge in [0.2, 0.25) is 5.91 Å². The number of nitrogens with zero attached hydrogens (tertiary/aromatic N) is 3. The van der Waals surface area contributed by atoms with E-state index in [0.717, 1.165) is 18.5 Å². The van der Waals surface area contributed by atoms with Gasteiger partial charge in [-0.1, -0.05) is 6.07 Å². The summed E-state index contributed by atoms with van der Waals surface area (Å²) in [6, 6.07) is 6.45. The van der Waals surface area contributed by atoms with Crippen LogP contribution in [0.1, 0.15) is 24.5 Å². The predicted octanol–water partition coefficient (Wildman–Crippen LogP) is 2.48. The van der Waals surface area contributed by atoms with Gasteiger partial charge in [-0.05, 0) is 49.1 Å². The lowest BCUT2D eigenvalue weighted by Crippen LogP contribution is -2.34. The van der Waals surface area contributed by atoms with E-state index in [1.165, 1.54) is 17.7 Å². The highest BCUT2D eigenvalue weighted by molar-refractivity contribution is 5.92. The van der Waals surface area contributed by atoms with Crippen LogP contribution in [0, 0.1) is 0 Å². The number of fused-ring (bicyclic) bond motifs is 1. The van der Waals surface area contributed by atoms with E-state index in [-0.39, 0.29) is 11.9 Å². The number of anilines is 1. The Hall–Kier alpha value is -2.56. The van der Waals surface area contributed by atoms with E-state index in [2.05, 4.69) is 40.4 Å². The second-order valence-electron chi connectivity index (χ2n) is 6.42. The zero-order chi connectivity index (χ0) is 16.9. The third kappa shape index (κ3) is 4.04. The molecule has 1 amide bonds. The zero-order valence-electron chi connectivity index (χ0n) is 14.3. The number of rotatable bonds is 5. The average Bonchev–Trinajstić information content (AvgIpc) is 3.06. The van der Waals surface area contributed by atoms with Crippen LogP contribution in [0.25, 0.3) is 6.08 Å². The van der Waals surface area contributed by atoms with Crippen LogP contribution in [0.5, 0.6) is 0 Å². The Morgan fingerprint density at radius 3 is 3.12 bits per heavy atom. The molecule has 2 aromatic rings. The molecule has 5 nitrogen and oxygen atoms in total. The molecule has 1 N–H and O–H groups in total. The summed E-state index contributed by atoms with van der Waals surface area (Å²) in [6.07, 6.45) is 11.2. The van der Waals surface area contributed by atoms with Gasteiger partial charge in [-0.2, -0.15) is 0 Å². The lowest BCUT2D eigenvalue weighted by atomic mass is 9.99. The lowest BCUT2D eigenvalue weighted by Gasteiger charge is -2.27. The summed E-state index contributed by atoms with van der Waals surface area (Å²) in [7, 11) is 2.13. The number of carbonyl (C=O) groups excluding carboxylic acids is 1. The number of hydrogen-bond donors (Lipinski definition) is 1. The summed E-state index contributed by atoms with van der Waals surface area (Å²) in [5.41, 5.74) is 3.73. The van der Waals surface area contributed by atoms with Crippen molar-refractivity contribution in [3.05, 3.63) is 54.1 Å². The summed E-state index contributed by atoms with van der Waals surface area (Å²) in [4.78, 5) is 18.4. The van der Waals surface area contributed by atoms with Crippen molar-refractivity contribution < 1.29 is 4.79 Å². The Kier molecular flexibility index (Phi) is 4.99. The maximum Gasteiger partial charge on any atom is 0.244 e. The van der Waals surface area contributed by atoms with E-state index in [0.29, 0.717) is 6.54 Å². The van der Waals surface area contributed by atoms with Gasteiger partial charge in [-0.15, -0.1) is 0 Å². The number of nitrogens with one attached hydrogen (secondary N) is 1. The topological polar surface area (TPSA) is 50.2 Å². The molecule has 5 heteroatoms. The number of imidazole rings is 1. The third-order valence-corrected chi connectivity index (χ3v) is 4.31. The number of benzene rings is 1. The molecule has 2 heterocycles. The number of carbonyl (C=O) groups is 1. The Balaban J connectivity index is 1.58. The summed E-state index contributed by atoms with van der Waals surface area (Å²) in [5.74, 6) is -0.0718. The second kappa shape index (κ2) is 7.34. The van der Waals surface area contributed by atoms with E-state index in [9.17, 15) is 4.79 Å². The highest BCUT2D eigenvalue weighted by atomic mass is 16.1. The monoisotopic (exact) mass is 324 g/mol. The van der Waals surface area contributed by atoms with Crippen molar-refractivity contribution in [3.8, 4) is 0 Å². The van der Waals surface area contributed by atoms with Gasteiger partial charge in [0.25, 0.3) is 0 Å². The smallest absolute Gasteiger partial charge is 0.244 e. The maximum absolute atomic E-state index is 12.1. The molecule has 0 fully saturated rings. The summed E-state index contributed by atoms with van der Waals surface area (Å²) in [6.45, 7) is 3.81. The van der Waals surface area contributed by atoms with Gasteiger partial charge < -0.3 is 14.8 Å². The highest BCUT2D eigenvalue weighted by Crippen LogP contribution is 2.27. The van der Waals surface area contributed by atoms with Gasteiger partial charge in [-0.3, -0.25) is 4.79 Å². The van der Waals surface area contributed by atoms with Crippen molar-refractivity contribution in [1.29, 1.82) is 0 Å². The molecule has 1 atom stereocenters. The molecule has 1 aromatic heterocycles. The highest BCUT2D eigenvalue weighted by Gasteiger charge is 2.13. The number of amides is 1. The molecule has 1 aliphatic heterocycles. The van der Waals surface area contributed by atoms with Crippen LogP contribution < -0.4 is 10.2 Å². The zero-order valence-corrected chi connectivity index (χ0v) is 14.3. The molecule has 1 aromatic carbocycles. The average molecular weight is 324 g/mol. The van der Waals surface area contributed by atoms with Crippen LogP contribution >= 0.6 is 0 Å².